The second kappa shape index (κ2) is 6.26. The maximum absolute atomic E-state index is 12.4. The second-order valence-corrected chi connectivity index (χ2v) is 9.76. The third kappa shape index (κ3) is 3.90. The van der Waals surface area contributed by atoms with Crippen LogP contribution in [0.25, 0.3) is 0 Å². The molecule has 0 spiro atoms. The number of aryl methyl sites for hydroxylation is 2. The van der Waals surface area contributed by atoms with E-state index >= 15 is 0 Å². The Morgan fingerprint density at radius 3 is 2.40 bits per heavy atom. The van der Waals surface area contributed by atoms with E-state index in [4.69, 9.17) is 0 Å². The number of sulfonamides is 1. The summed E-state index contributed by atoms with van der Waals surface area (Å²) in [6.45, 7) is 3.20. The van der Waals surface area contributed by atoms with Crippen LogP contribution in [0.4, 0.5) is 11.6 Å². The number of sulfone groups is 1. The van der Waals surface area contributed by atoms with Gasteiger partial charge in [-0.15, -0.1) is 10.2 Å². The van der Waals surface area contributed by atoms with Crippen LogP contribution in [0.1, 0.15) is 17.8 Å². The van der Waals surface area contributed by atoms with Crippen LogP contribution in [0.2, 0.25) is 0 Å². The molecule has 3 rings (SSSR count). The molecule has 0 aliphatic carbocycles. The van der Waals surface area contributed by atoms with Gasteiger partial charge in [0.25, 0.3) is 10.0 Å². The average Bonchev–Trinajstić information content (AvgIpc) is 3.03. The van der Waals surface area contributed by atoms with Gasteiger partial charge in [-0.2, -0.15) is 5.10 Å². The monoisotopic (exact) mass is 386 g/mol. The minimum absolute atomic E-state index is 0.0576. The van der Waals surface area contributed by atoms with Gasteiger partial charge in [0.2, 0.25) is 0 Å². The highest BCUT2D eigenvalue weighted by molar-refractivity contribution is 7.92. The second-order valence-electron chi connectivity index (χ2n) is 5.92. The first-order valence-electron chi connectivity index (χ1n) is 7.51. The summed E-state index contributed by atoms with van der Waals surface area (Å²) in [4.78, 5) is 0.0765. The lowest BCUT2D eigenvalue weighted by molar-refractivity contribution is 0.598. The Bertz CT molecular complexity index is 963. The molecular formula is C13H18N6O4S2. The maximum Gasteiger partial charge on any atom is 0.266 e. The molecule has 25 heavy (non-hydrogen) atoms. The predicted molar refractivity (Wildman–Crippen MR) is 91.6 cm³/mol. The first-order chi connectivity index (χ1) is 11.7. The third-order valence-corrected chi connectivity index (χ3v) is 7.20. The quantitative estimate of drug-likeness (QED) is 0.661. The summed E-state index contributed by atoms with van der Waals surface area (Å²) in [5.41, 5.74) is 0.789. The summed E-state index contributed by atoms with van der Waals surface area (Å²) in [6, 6.07) is 2.80. The molecule has 0 bridgehead atoms. The first-order valence-corrected chi connectivity index (χ1v) is 10.8. The van der Waals surface area contributed by atoms with Crippen molar-refractivity contribution in [2.45, 2.75) is 31.2 Å². The van der Waals surface area contributed by atoms with Crippen LogP contribution in [0.15, 0.2) is 17.0 Å². The summed E-state index contributed by atoms with van der Waals surface area (Å²) >= 11 is 0. The van der Waals surface area contributed by atoms with Crippen LogP contribution in [0, 0.1) is 13.8 Å². The summed E-state index contributed by atoms with van der Waals surface area (Å²) in [5.74, 6) is 0.659. The lowest BCUT2D eigenvalue weighted by Gasteiger charge is -2.11. The molecule has 3 N–H and O–H groups in total. The molecule has 1 aliphatic rings. The van der Waals surface area contributed by atoms with Gasteiger partial charge < -0.3 is 5.32 Å². The van der Waals surface area contributed by atoms with Gasteiger partial charge in [0.05, 0.1) is 22.9 Å². The van der Waals surface area contributed by atoms with E-state index in [0.717, 1.165) is 0 Å². The maximum atomic E-state index is 12.4. The van der Waals surface area contributed by atoms with E-state index in [0.29, 0.717) is 23.6 Å². The number of rotatable bonds is 5. The summed E-state index contributed by atoms with van der Waals surface area (Å²) in [6.07, 6.45) is 0.511. The number of hydrogen-bond donors (Lipinski definition) is 3. The number of H-pyrrole nitrogens is 1. The van der Waals surface area contributed by atoms with E-state index in [-0.39, 0.29) is 28.3 Å². The molecule has 1 aliphatic heterocycles. The zero-order valence-electron chi connectivity index (χ0n) is 13.6. The molecule has 10 nitrogen and oxygen atoms in total. The minimum atomic E-state index is -3.83. The first kappa shape index (κ1) is 17.6. The molecule has 3 heterocycles. The molecule has 0 aromatic carbocycles. The van der Waals surface area contributed by atoms with Gasteiger partial charge in [0, 0.05) is 6.04 Å². The topological polar surface area (TPSA) is 147 Å². The van der Waals surface area contributed by atoms with Crippen molar-refractivity contribution in [3.8, 4) is 0 Å². The highest BCUT2D eigenvalue weighted by atomic mass is 32.2. The van der Waals surface area contributed by atoms with Crippen LogP contribution >= 0.6 is 0 Å². The van der Waals surface area contributed by atoms with E-state index in [1.807, 2.05) is 0 Å². The van der Waals surface area contributed by atoms with Crippen molar-refractivity contribution in [1.29, 1.82) is 0 Å². The van der Waals surface area contributed by atoms with Crippen molar-refractivity contribution in [3.63, 3.8) is 0 Å². The Morgan fingerprint density at radius 1 is 1.20 bits per heavy atom. The molecule has 0 radical (unpaired) electrons. The van der Waals surface area contributed by atoms with E-state index in [1.165, 1.54) is 6.07 Å². The van der Waals surface area contributed by atoms with Crippen LogP contribution in [0.5, 0.6) is 0 Å². The molecule has 0 amide bonds. The lowest BCUT2D eigenvalue weighted by Crippen LogP contribution is -2.21. The lowest BCUT2D eigenvalue weighted by atomic mass is 10.2. The molecule has 12 heteroatoms. The molecule has 2 aromatic heterocycles. The largest absolute Gasteiger partial charge is 0.365 e. The summed E-state index contributed by atoms with van der Waals surface area (Å²) < 4.78 is 50.1. The Kier molecular flexibility index (Phi) is 4.41. The van der Waals surface area contributed by atoms with Crippen molar-refractivity contribution >= 4 is 31.5 Å². The number of anilines is 2. The molecule has 1 saturated heterocycles. The van der Waals surface area contributed by atoms with Crippen LogP contribution in [-0.2, 0) is 19.9 Å². The molecule has 1 fully saturated rings. The summed E-state index contributed by atoms with van der Waals surface area (Å²) in [5, 5.41) is 17.2. The zero-order chi connectivity index (χ0) is 18.2. The number of nitrogens with zero attached hydrogens (tertiary/aromatic N) is 3. The van der Waals surface area contributed by atoms with Gasteiger partial charge in [0.15, 0.2) is 15.7 Å². The van der Waals surface area contributed by atoms with Gasteiger partial charge >= 0.3 is 0 Å². The molecular weight excluding hydrogens is 368 g/mol. The van der Waals surface area contributed by atoms with Crippen molar-refractivity contribution in [3.05, 3.63) is 23.5 Å². The van der Waals surface area contributed by atoms with Crippen molar-refractivity contribution < 1.29 is 16.8 Å². The average molecular weight is 386 g/mol. The van der Waals surface area contributed by atoms with E-state index in [9.17, 15) is 16.8 Å². The van der Waals surface area contributed by atoms with Crippen LogP contribution in [0.3, 0.4) is 0 Å². The van der Waals surface area contributed by atoms with Gasteiger partial charge in [-0.25, -0.2) is 16.8 Å². The van der Waals surface area contributed by atoms with E-state index in [1.54, 1.807) is 19.9 Å². The Labute approximate surface area is 145 Å². The van der Waals surface area contributed by atoms with Crippen molar-refractivity contribution in [2.24, 2.45) is 0 Å². The smallest absolute Gasteiger partial charge is 0.266 e. The molecule has 1 unspecified atom stereocenters. The predicted octanol–water partition coefficient (Wildman–Crippen LogP) is 0.216. The molecule has 136 valence electrons. The Hall–Kier alpha value is -2.21. The SMILES string of the molecule is Cc1n[nH]c(C)c1S(=O)(=O)Nc1ccc(NC2CCS(=O)(=O)C2)nn1. The highest BCUT2D eigenvalue weighted by Crippen LogP contribution is 2.20. The normalized spacial score (nSPS) is 19.7. The van der Waals surface area contributed by atoms with Crippen LogP contribution < -0.4 is 10.0 Å². The highest BCUT2D eigenvalue weighted by Gasteiger charge is 2.28. The zero-order valence-corrected chi connectivity index (χ0v) is 15.3. The number of nitrogens with one attached hydrogen (secondary N) is 3. The number of aromatic nitrogens is 4. The number of hydrogen-bond acceptors (Lipinski definition) is 8. The van der Waals surface area contributed by atoms with Gasteiger partial charge in [-0.1, -0.05) is 0 Å². The van der Waals surface area contributed by atoms with E-state index < -0.39 is 19.9 Å². The van der Waals surface area contributed by atoms with Gasteiger partial charge in [0.1, 0.15) is 10.7 Å². The Morgan fingerprint density at radius 2 is 1.88 bits per heavy atom. The van der Waals surface area contributed by atoms with Gasteiger partial charge in [-0.05, 0) is 32.4 Å². The number of aromatic amines is 1. The molecule has 1 atom stereocenters. The molecule has 2 aromatic rings. The van der Waals surface area contributed by atoms with Crippen LogP contribution in [-0.4, -0.2) is 54.8 Å². The van der Waals surface area contributed by atoms with E-state index in [2.05, 4.69) is 30.4 Å². The Balaban J connectivity index is 1.71. The fraction of sp³-hybridized carbons (Fsp3) is 0.462. The van der Waals surface area contributed by atoms with Crippen molar-refractivity contribution in [1.82, 2.24) is 20.4 Å². The standard InChI is InChI=1S/C13H18N6O4S2/c1-8-13(9(2)16-15-8)25(22,23)19-12-4-3-11(17-18-12)14-10-5-6-24(20,21)7-10/h3-4,10H,5-7H2,1-2H3,(H,14,17)(H,15,16)(H,18,19). The fourth-order valence-electron chi connectivity index (χ4n) is 2.71. The summed E-state index contributed by atoms with van der Waals surface area (Å²) in [7, 11) is -6.82. The third-order valence-electron chi connectivity index (χ3n) is 3.82. The molecule has 0 saturated carbocycles. The van der Waals surface area contributed by atoms with Crippen molar-refractivity contribution in [2.75, 3.05) is 21.5 Å². The fourth-order valence-corrected chi connectivity index (χ4v) is 5.75. The van der Waals surface area contributed by atoms with Gasteiger partial charge in [-0.3, -0.25) is 9.82 Å². The minimum Gasteiger partial charge on any atom is -0.365 e.